The van der Waals surface area contributed by atoms with Gasteiger partial charge in [-0.15, -0.1) is 0 Å². The van der Waals surface area contributed by atoms with Crippen molar-refractivity contribution < 1.29 is 9.53 Å². The van der Waals surface area contributed by atoms with Crippen LogP contribution >= 0.6 is 0 Å². The Morgan fingerprint density at radius 3 is 2.59 bits per heavy atom. The monoisotopic (exact) mass is 367 g/mol. The van der Waals surface area contributed by atoms with Crippen LogP contribution in [-0.2, 0) is 16.1 Å². The van der Waals surface area contributed by atoms with Crippen LogP contribution in [0.25, 0.3) is 0 Å². The topological polar surface area (TPSA) is 45.7 Å². The van der Waals surface area contributed by atoms with E-state index in [-0.39, 0.29) is 18.1 Å². The number of ether oxygens (including phenoxy) is 1. The molecular formula is C22H29N3O2. The van der Waals surface area contributed by atoms with Crippen molar-refractivity contribution in [1.29, 1.82) is 0 Å². The van der Waals surface area contributed by atoms with E-state index in [0.29, 0.717) is 6.61 Å². The second kappa shape index (κ2) is 9.11. The van der Waals surface area contributed by atoms with Crippen LogP contribution in [0.1, 0.15) is 35.6 Å². The van der Waals surface area contributed by atoms with Gasteiger partial charge in [0, 0.05) is 25.5 Å². The molecule has 3 rings (SSSR count). The molecular weight excluding hydrogens is 338 g/mol. The molecule has 0 spiro atoms. The number of aromatic nitrogens is 1. The number of likely N-dealkylation sites (N-methyl/N-ethyl adjacent to an activating group) is 1. The summed E-state index contributed by atoms with van der Waals surface area (Å²) in [4.78, 5) is 21.3. The highest BCUT2D eigenvalue weighted by Crippen LogP contribution is 2.26. The fourth-order valence-electron chi connectivity index (χ4n) is 3.64. The third-order valence-electron chi connectivity index (χ3n) is 5.20. The molecule has 1 aromatic carbocycles. The van der Waals surface area contributed by atoms with Crippen molar-refractivity contribution in [2.75, 3.05) is 27.2 Å². The lowest BCUT2D eigenvalue weighted by molar-refractivity contribution is -0.139. The van der Waals surface area contributed by atoms with Crippen LogP contribution in [-0.4, -0.2) is 54.0 Å². The first-order chi connectivity index (χ1) is 13.1. The molecule has 1 amide bonds. The Bertz CT molecular complexity index is 740. The lowest BCUT2D eigenvalue weighted by atomic mass is 9.98. The summed E-state index contributed by atoms with van der Waals surface area (Å²) in [6, 6.07) is 11.9. The van der Waals surface area contributed by atoms with Crippen LogP contribution in [0.5, 0.6) is 0 Å². The van der Waals surface area contributed by atoms with Crippen molar-refractivity contribution in [3.05, 3.63) is 65.5 Å². The molecule has 1 aromatic heterocycles. The smallest absolute Gasteiger partial charge is 0.244 e. The van der Waals surface area contributed by atoms with Crippen molar-refractivity contribution in [2.45, 2.75) is 38.5 Å². The number of piperidine rings is 1. The molecule has 0 radical (unpaired) electrons. The molecule has 2 heterocycles. The maximum absolute atomic E-state index is 13.2. The normalized spacial score (nSPS) is 16.5. The molecule has 1 fully saturated rings. The Labute approximate surface area is 162 Å². The van der Waals surface area contributed by atoms with Crippen molar-refractivity contribution in [1.82, 2.24) is 14.8 Å². The molecule has 2 aromatic rings. The zero-order chi connectivity index (χ0) is 19.2. The Kier molecular flexibility index (Phi) is 6.58. The number of aryl methyl sites for hydroxylation is 1. The first-order valence-corrected chi connectivity index (χ1v) is 9.57. The molecule has 5 nitrogen and oxygen atoms in total. The standard InChI is InChI=1S/C22H29N3O2/c1-17-7-4-5-9-20(17)21(24(2)3)22(26)25-13-10-19(11-14-25)27-16-18-8-6-12-23-15-18/h4-9,12,15,19,21H,10-11,13-14,16H2,1-3H3/t21-/m1/s1. The van der Waals surface area contributed by atoms with Gasteiger partial charge in [-0.3, -0.25) is 14.7 Å². The number of carbonyl (C=O) groups is 1. The van der Waals surface area contributed by atoms with Crippen LogP contribution in [0.15, 0.2) is 48.8 Å². The van der Waals surface area contributed by atoms with Gasteiger partial charge >= 0.3 is 0 Å². The highest BCUT2D eigenvalue weighted by Gasteiger charge is 2.31. The molecule has 0 saturated carbocycles. The number of carbonyl (C=O) groups excluding carboxylic acids is 1. The third-order valence-corrected chi connectivity index (χ3v) is 5.20. The molecule has 0 unspecified atom stereocenters. The van der Waals surface area contributed by atoms with E-state index in [4.69, 9.17) is 4.74 Å². The van der Waals surface area contributed by atoms with Crippen molar-refractivity contribution >= 4 is 5.91 Å². The quantitative estimate of drug-likeness (QED) is 0.787. The number of likely N-dealkylation sites (tertiary alicyclic amines) is 1. The molecule has 0 aliphatic carbocycles. The Morgan fingerprint density at radius 1 is 1.22 bits per heavy atom. The van der Waals surface area contributed by atoms with Gasteiger partial charge in [0.2, 0.25) is 5.91 Å². The third kappa shape index (κ3) is 4.93. The lowest BCUT2D eigenvalue weighted by Crippen LogP contribution is -2.46. The van der Waals surface area contributed by atoms with Gasteiger partial charge in [-0.2, -0.15) is 0 Å². The maximum Gasteiger partial charge on any atom is 0.244 e. The van der Waals surface area contributed by atoms with Crippen molar-refractivity contribution in [3.63, 3.8) is 0 Å². The average Bonchev–Trinajstić information content (AvgIpc) is 2.69. The number of rotatable bonds is 6. The van der Waals surface area contributed by atoms with Crippen LogP contribution in [0, 0.1) is 6.92 Å². The number of nitrogens with zero attached hydrogens (tertiary/aromatic N) is 3. The minimum atomic E-state index is -0.237. The Hall–Kier alpha value is -2.24. The summed E-state index contributed by atoms with van der Waals surface area (Å²) in [5.74, 6) is 0.181. The van der Waals surface area contributed by atoms with E-state index in [1.807, 2.05) is 54.4 Å². The zero-order valence-corrected chi connectivity index (χ0v) is 16.5. The van der Waals surface area contributed by atoms with Crippen molar-refractivity contribution in [2.24, 2.45) is 0 Å². The summed E-state index contributed by atoms with van der Waals surface area (Å²) in [6.07, 6.45) is 5.55. The fourth-order valence-corrected chi connectivity index (χ4v) is 3.64. The number of hydrogen-bond acceptors (Lipinski definition) is 4. The van der Waals surface area contributed by atoms with E-state index in [9.17, 15) is 4.79 Å². The molecule has 1 atom stereocenters. The van der Waals surface area contributed by atoms with Gasteiger partial charge in [0.25, 0.3) is 0 Å². The molecule has 1 saturated heterocycles. The van der Waals surface area contributed by atoms with Gasteiger partial charge < -0.3 is 9.64 Å². The van der Waals surface area contributed by atoms with E-state index in [2.05, 4.69) is 24.0 Å². The molecule has 27 heavy (non-hydrogen) atoms. The Balaban J connectivity index is 1.57. The van der Waals surface area contributed by atoms with E-state index in [0.717, 1.165) is 42.6 Å². The maximum atomic E-state index is 13.2. The molecule has 144 valence electrons. The second-order valence-corrected chi connectivity index (χ2v) is 7.42. The summed E-state index contributed by atoms with van der Waals surface area (Å²) < 4.78 is 6.02. The predicted octanol–water partition coefficient (Wildman–Crippen LogP) is 3.20. The average molecular weight is 367 g/mol. The van der Waals surface area contributed by atoms with Gasteiger partial charge in [0.15, 0.2) is 0 Å². The summed E-state index contributed by atoms with van der Waals surface area (Å²) in [7, 11) is 3.94. The zero-order valence-electron chi connectivity index (χ0n) is 16.5. The highest BCUT2D eigenvalue weighted by molar-refractivity contribution is 5.83. The van der Waals surface area contributed by atoms with E-state index < -0.39 is 0 Å². The van der Waals surface area contributed by atoms with Crippen molar-refractivity contribution in [3.8, 4) is 0 Å². The first-order valence-electron chi connectivity index (χ1n) is 9.57. The van der Waals surface area contributed by atoms with Crippen LogP contribution in [0.2, 0.25) is 0 Å². The summed E-state index contributed by atoms with van der Waals surface area (Å²) in [5.41, 5.74) is 3.32. The second-order valence-electron chi connectivity index (χ2n) is 7.42. The summed E-state index contributed by atoms with van der Waals surface area (Å²) >= 11 is 0. The Morgan fingerprint density at radius 2 is 1.96 bits per heavy atom. The first kappa shape index (κ1) is 19.5. The van der Waals surface area contributed by atoms with E-state index in [1.54, 1.807) is 6.20 Å². The minimum Gasteiger partial charge on any atom is -0.373 e. The largest absolute Gasteiger partial charge is 0.373 e. The van der Waals surface area contributed by atoms with Crippen LogP contribution < -0.4 is 0 Å². The minimum absolute atomic E-state index is 0.181. The van der Waals surface area contributed by atoms with Gasteiger partial charge in [-0.1, -0.05) is 30.3 Å². The number of pyridine rings is 1. The number of hydrogen-bond donors (Lipinski definition) is 0. The molecule has 0 bridgehead atoms. The van der Waals surface area contributed by atoms with Crippen LogP contribution in [0.3, 0.4) is 0 Å². The summed E-state index contributed by atoms with van der Waals surface area (Å²) in [6.45, 7) is 4.13. The SMILES string of the molecule is Cc1ccccc1[C@H](C(=O)N1CCC(OCc2cccnc2)CC1)N(C)C. The number of amides is 1. The molecule has 5 heteroatoms. The van der Waals surface area contributed by atoms with Gasteiger partial charge in [-0.25, -0.2) is 0 Å². The predicted molar refractivity (Wildman–Crippen MR) is 106 cm³/mol. The van der Waals surface area contributed by atoms with Gasteiger partial charge in [0.1, 0.15) is 6.04 Å². The molecule has 1 aliphatic heterocycles. The van der Waals surface area contributed by atoms with Gasteiger partial charge in [-0.05, 0) is 56.6 Å². The molecule has 0 N–H and O–H groups in total. The molecule has 1 aliphatic rings. The van der Waals surface area contributed by atoms with Crippen LogP contribution in [0.4, 0.5) is 0 Å². The highest BCUT2D eigenvalue weighted by atomic mass is 16.5. The van der Waals surface area contributed by atoms with Gasteiger partial charge in [0.05, 0.1) is 12.7 Å². The summed E-state index contributed by atoms with van der Waals surface area (Å²) in [5, 5.41) is 0. The number of benzene rings is 1. The lowest BCUT2D eigenvalue weighted by Gasteiger charge is -2.36. The fraction of sp³-hybridized carbons (Fsp3) is 0.455. The van der Waals surface area contributed by atoms with E-state index in [1.165, 1.54) is 0 Å². The van der Waals surface area contributed by atoms with E-state index >= 15 is 0 Å².